The van der Waals surface area contributed by atoms with Gasteiger partial charge < -0.3 is 0 Å². The number of hydrogen-bond donors (Lipinski definition) is 0. The summed E-state index contributed by atoms with van der Waals surface area (Å²) in [5.74, 6) is 1.73. The lowest BCUT2D eigenvalue weighted by Crippen LogP contribution is -2.35. The fourth-order valence-corrected chi connectivity index (χ4v) is 3.09. The fraction of sp³-hybridized carbons (Fsp3) is 0.667. The minimum Gasteiger partial charge on any atom is -0.275 e. The number of hydroxylamine groups is 2. The van der Waals surface area contributed by atoms with Gasteiger partial charge in [-0.2, -0.15) is 0 Å². The van der Waals surface area contributed by atoms with Gasteiger partial charge in [-0.15, -0.1) is 0 Å². The molecular formula is C15H23NO2. The highest BCUT2D eigenvalue weighted by Gasteiger charge is 2.31. The monoisotopic (exact) mass is 249 g/mol. The molecule has 0 radical (unpaired) electrons. The third-order valence-electron chi connectivity index (χ3n) is 4.32. The highest BCUT2D eigenvalue weighted by atomic mass is 16.7. The molecule has 0 N–H and O–H groups in total. The lowest BCUT2D eigenvalue weighted by atomic mass is 9.74. The van der Waals surface area contributed by atoms with Crippen LogP contribution in [0.25, 0.3) is 0 Å². The number of nitrogens with zero attached hydrogens (tertiary/aromatic N) is 1. The summed E-state index contributed by atoms with van der Waals surface area (Å²) < 4.78 is 0. The predicted molar refractivity (Wildman–Crippen MR) is 71.6 cm³/mol. The average Bonchev–Trinajstić information content (AvgIpc) is 2.47. The van der Waals surface area contributed by atoms with Crippen molar-refractivity contribution in [3.05, 3.63) is 24.3 Å². The van der Waals surface area contributed by atoms with Crippen LogP contribution in [0.15, 0.2) is 24.3 Å². The molecular weight excluding hydrogens is 226 g/mol. The number of rotatable bonds is 3. The van der Waals surface area contributed by atoms with Crippen LogP contribution in [0.5, 0.6) is 0 Å². The summed E-state index contributed by atoms with van der Waals surface area (Å²) in [6.45, 7) is 0. The molecule has 1 saturated carbocycles. The van der Waals surface area contributed by atoms with E-state index in [2.05, 4.69) is 24.3 Å². The Bertz CT molecular complexity index is 340. The molecule has 0 spiro atoms. The van der Waals surface area contributed by atoms with Crippen LogP contribution in [0.3, 0.4) is 0 Å². The average molecular weight is 249 g/mol. The van der Waals surface area contributed by atoms with Crippen molar-refractivity contribution in [2.45, 2.75) is 32.1 Å². The second-order valence-electron chi connectivity index (χ2n) is 5.34. The van der Waals surface area contributed by atoms with Gasteiger partial charge in [0.1, 0.15) is 0 Å². The van der Waals surface area contributed by atoms with E-state index in [1.54, 1.807) is 14.2 Å². The van der Waals surface area contributed by atoms with Crippen molar-refractivity contribution < 1.29 is 9.63 Å². The number of hydrogen-bond acceptors (Lipinski definition) is 2. The van der Waals surface area contributed by atoms with Gasteiger partial charge in [-0.3, -0.25) is 9.63 Å². The Morgan fingerprint density at radius 1 is 1.22 bits per heavy atom. The Kier molecular flexibility index (Phi) is 4.59. The van der Waals surface area contributed by atoms with E-state index in [1.807, 2.05) is 0 Å². The van der Waals surface area contributed by atoms with E-state index in [9.17, 15) is 4.79 Å². The van der Waals surface area contributed by atoms with Crippen molar-refractivity contribution in [1.29, 1.82) is 0 Å². The summed E-state index contributed by atoms with van der Waals surface area (Å²) in [6.07, 6.45) is 14.4. The molecule has 2 rings (SSSR count). The molecule has 2 aliphatic carbocycles. The zero-order valence-electron chi connectivity index (χ0n) is 11.3. The van der Waals surface area contributed by atoms with Crippen LogP contribution in [-0.2, 0) is 9.63 Å². The first kappa shape index (κ1) is 13.3. The first-order valence-corrected chi connectivity index (χ1v) is 6.87. The Labute approximate surface area is 109 Å². The van der Waals surface area contributed by atoms with Crippen LogP contribution in [0.4, 0.5) is 0 Å². The molecule has 1 amide bonds. The summed E-state index contributed by atoms with van der Waals surface area (Å²) >= 11 is 0. The SMILES string of the molecule is CON(C)C(=O)C1CCC(C2C=CC=CC2)CC1. The minimum absolute atomic E-state index is 0.134. The third kappa shape index (κ3) is 3.02. The van der Waals surface area contributed by atoms with Crippen LogP contribution in [0.1, 0.15) is 32.1 Å². The first-order valence-electron chi connectivity index (χ1n) is 6.87. The van der Waals surface area contributed by atoms with Crippen molar-refractivity contribution in [1.82, 2.24) is 5.06 Å². The molecule has 100 valence electrons. The lowest BCUT2D eigenvalue weighted by molar-refractivity contribution is -0.174. The summed E-state index contributed by atoms with van der Waals surface area (Å²) in [4.78, 5) is 17.0. The third-order valence-corrected chi connectivity index (χ3v) is 4.32. The van der Waals surface area contributed by atoms with Crippen molar-refractivity contribution in [2.75, 3.05) is 14.2 Å². The summed E-state index contributed by atoms with van der Waals surface area (Å²) in [5, 5.41) is 1.37. The molecule has 2 aliphatic rings. The van der Waals surface area contributed by atoms with Crippen LogP contribution in [0, 0.1) is 17.8 Å². The summed E-state index contributed by atoms with van der Waals surface area (Å²) in [6, 6.07) is 0. The molecule has 0 aromatic heterocycles. The van der Waals surface area contributed by atoms with Gasteiger partial charge in [0.25, 0.3) is 0 Å². The van der Waals surface area contributed by atoms with E-state index in [4.69, 9.17) is 4.84 Å². The maximum atomic E-state index is 12.0. The van der Waals surface area contributed by atoms with Crippen molar-refractivity contribution in [3.8, 4) is 0 Å². The zero-order valence-corrected chi connectivity index (χ0v) is 11.3. The van der Waals surface area contributed by atoms with Gasteiger partial charge >= 0.3 is 0 Å². The second kappa shape index (κ2) is 6.19. The topological polar surface area (TPSA) is 29.5 Å². The molecule has 1 unspecified atom stereocenters. The van der Waals surface area contributed by atoms with Crippen LogP contribution in [0.2, 0.25) is 0 Å². The molecule has 0 aliphatic heterocycles. The van der Waals surface area contributed by atoms with Crippen LogP contribution >= 0.6 is 0 Å². The fourth-order valence-electron chi connectivity index (χ4n) is 3.09. The van der Waals surface area contributed by atoms with Gasteiger partial charge in [0.15, 0.2) is 0 Å². The molecule has 0 aromatic rings. The van der Waals surface area contributed by atoms with E-state index in [1.165, 1.54) is 5.06 Å². The molecule has 3 heteroatoms. The second-order valence-corrected chi connectivity index (χ2v) is 5.34. The normalized spacial score (nSPS) is 31.3. The van der Waals surface area contributed by atoms with Crippen molar-refractivity contribution in [2.24, 2.45) is 17.8 Å². The Hall–Kier alpha value is -1.09. The van der Waals surface area contributed by atoms with Crippen LogP contribution < -0.4 is 0 Å². The van der Waals surface area contributed by atoms with E-state index < -0.39 is 0 Å². The van der Waals surface area contributed by atoms with Crippen molar-refractivity contribution in [3.63, 3.8) is 0 Å². The molecule has 0 saturated heterocycles. The Morgan fingerprint density at radius 2 is 1.94 bits per heavy atom. The maximum Gasteiger partial charge on any atom is 0.248 e. The molecule has 18 heavy (non-hydrogen) atoms. The van der Waals surface area contributed by atoms with Gasteiger partial charge in [0.2, 0.25) is 5.91 Å². The molecule has 1 atom stereocenters. The Balaban J connectivity index is 1.82. The van der Waals surface area contributed by atoms with Gasteiger partial charge in [0.05, 0.1) is 7.11 Å². The molecule has 1 fully saturated rings. The number of carbonyl (C=O) groups excluding carboxylic acids is 1. The van der Waals surface area contributed by atoms with E-state index in [0.29, 0.717) is 5.92 Å². The molecule has 0 bridgehead atoms. The van der Waals surface area contributed by atoms with Gasteiger partial charge in [0, 0.05) is 13.0 Å². The maximum absolute atomic E-state index is 12.0. The quantitative estimate of drug-likeness (QED) is 0.720. The largest absolute Gasteiger partial charge is 0.275 e. The first-order chi connectivity index (χ1) is 8.72. The highest BCUT2D eigenvalue weighted by molar-refractivity contribution is 5.77. The van der Waals surface area contributed by atoms with E-state index in [0.717, 1.165) is 38.0 Å². The van der Waals surface area contributed by atoms with E-state index in [-0.39, 0.29) is 11.8 Å². The number of allylic oxidation sites excluding steroid dienone is 4. The van der Waals surface area contributed by atoms with Crippen LogP contribution in [-0.4, -0.2) is 25.1 Å². The van der Waals surface area contributed by atoms with E-state index >= 15 is 0 Å². The van der Waals surface area contributed by atoms with Gasteiger partial charge in [-0.05, 0) is 43.9 Å². The number of carbonyl (C=O) groups is 1. The number of amides is 1. The van der Waals surface area contributed by atoms with Gasteiger partial charge in [-0.1, -0.05) is 24.3 Å². The van der Waals surface area contributed by atoms with Gasteiger partial charge in [-0.25, -0.2) is 5.06 Å². The standard InChI is InChI=1S/C15H23NO2/c1-16(18-2)15(17)14-10-8-13(9-11-14)12-6-4-3-5-7-12/h3-6,12-14H,7-11H2,1-2H3. The predicted octanol–water partition coefficient (Wildman–Crippen LogP) is 2.94. The lowest BCUT2D eigenvalue weighted by Gasteiger charge is -2.33. The minimum atomic E-state index is 0.134. The zero-order chi connectivity index (χ0) is 13.0. The summed E-state index contributed by atoms with van der Waals surface area (Å²) in [5.41, 5.74) is 0. The highest BCUT2D eigenvalue weighted by Crippen LogP contribution is 2.37. The Morgan fingerprint density at radius 3 is 2.50 bits per heavy atom. The molecule has 0 aromatic carbocycles. The summed E-state index contributed by atoms with van der Waals surface area (Å²) in [7, 11) is 3.24. The smallest absolute Gasteiger partial charge is 0.248 e. The molecule has 0 heterocycles. The molecule has 3 nitrogen and oxygen atoms in total. The van der Waals surface area contributed by atoms with Crippen molar-refractivity contribution >= 4 is 5.91 Å².